The van der Waals surface area contributed by atoms with Gasteiger partial charge < -0.3 is 5.32 Å². The van der Waals surface area contributed by atoms with E-state index in [2.05, 4.69) is 30.1 Å². The monoisotopic (exact) mass is 501 g/mol. The number of para-hydroxylation sites is 1. The minimum Gasteiger partial charge on any atom is -0.313 e. The van der Waals surface area contributed by atoms with E-state index in [0.29, 0.717) is 21.7 Å². The molecule has 4 aromatic rings. The number of carbonyl (C=O) groups is 1. The fourth-order valence-corrected chi connectivity index (χ4v) is 6.87. The highest BCUT2D eigenvalue weighted by molar-refractivity contribution is 7.23. The maximum Gasteiger partial charge on any atom is 0.257 e. The average Bonchev–Trinajstić information content (AvgIpc) is 3.33. The number of halogens is 2. The van der Waals surface area contributed by atoms with Gasteiger partial charge in [-0.3, -0.25) is 9.69 Å². The molecule has 0 radical (unpaired) electrons. The molecule has 3 heterocycles. The predicted molar refractivity (Wildman–Crippen MR) is 137 cm³/mol. The number of fused-ring (bicyclic) bond motifs is 2. The fourth-order valence-electron chi connectivity index (χ4n) is 4.00. The smallest absolute Gasteiger partial charge is 0.257 e. The topological polar surface area (TPSA) is 45.2 Å². The Bertz CT molecular complexity index is 1300. The van der Waals surface area contributed by atoms with E-state index in [1.807, 2.05) is 18.2 Å². The summed E-state index contributed by atoms with van der Waals surface area (Å²) in [6.07, 6.45) is 0.937. The number of rotatable bonds is 4. The first-order valence-corrected chi connectivity index (χ1v) is 12.8. The summed E-state index contributed by atoms with van der Waals surface area (Å²) in [6, 6.07) is 13.5. The first-order chi connectivity index (χ1) is 15.4. The van der Waals surface area contributed by atoms with Crippen LogP contribution in [0.4, 0.5) is 5.00 Å². The summed E-state index contributed by atoms with van der Waals surface area (Å²) in [5.74, 6) is -0.242. The van der Waals surface area contributed by atoms with Crippen LogP contribution >= 0.6 is 45.9 Å². The Morgan fingerprint density at radius 3 is 2.72 bits per heavy atom. The quantitative estimate of drug-likeness (QED) is 0.317. The zero-order valence-corrected chi connectivity index (χ0v) is 20.8. The van der Waals surface area contributed by atoms with Gasteiger partial charge in [-0.05, 0) is 56.2 Å². The molecule has 32 heavy (non-hydrogen) atoms. The van der Waals surface area contributed by atoms with Gasteiger partial charge in [-0.25, -0.2) is 4.98 Å². The molecule has 0 saturated heterocycles. The second kappa shape index (κ2) is 8.76. The number of thiazole rings is 1. The number of carbonyl (C=O) groups excluding carboxylic acids is 1. The Balaban J connectivity index is 1.59. The van der Waals surface area contributed by atoms with E-state index in [9.17, 15) is 4.79 Å². The third kappa shape index (κ3) is 4.06. The second-order valence-corrected chi connectivity index (χ2v) is 11.1. The van der Waals surface area contributed by atoms with Crippen molar-refractivity contribution in [2.24, 2.45) is 0 Å². The van der Waals surface area contributed by atoms with Crippen molar-refractivity contribution >= 4 is 67.0 Å². The number of nitrogens with one attached hydrogen (secondary N) is 1. The predicted octanol–water partition coefficient (Wildman–Crippen LogP) is 7.35. The number of benzene rings is 2. The molecule has 0 fully saturated rings. The third-order valence-electron chi connectivity index (χ3n) is 5.73. The molecule has 0 saturated carbocycles. The average molecular weight is 502 g/mol. The lowest BCUT2D eigenvalue weighted by molar-refractivity contribution is 0.102. The van der Waals surface area contributed by atoms with E-state index in [1.165, 1.54) is 10.4 Å². The Morgan fingerprint density at radius 2 is 1.97 bits per heavy atom. The van der Waals surface area contributed by atoms with Crippen molar-refractivity contribution in [1.29, 1.82) is 0 Å². The van der Waals surface area contributed by atoms with Crippen LogP contribution in [0.3, 0.4) is 0 Å². The minimum absolute atomic E-state index is 0.242. The molecule has 1 aliphatic rings. The lowest BCUT2D eigenvalue weighted by Crippen LogP contribution is -2.35. The Kier molecular flexibility index (Phi) is 5.99. The van der Waals surface area contributed by atoms with Gasteiger partial charge in [-0.2, -0.15) is 0 Å². The molecule has 4 nitrogen and oxygen atoms in total. The fraction of sp³-hybridized carbons (Fsp3) is 0.250. The van der Waals surface area contributed by atoms with E-state index < -0.39 is 0 Å². The van der Waals surface area contributed by atoms with Crippen LogP contribution in [0, 0.1) is 0 Å². The number of aromatic nitrogens is 1. The molecule has 0 aliphatic carbocycles. The van der Waals surface area contributed by atoms with Crippen molar-refractivity contribution < 1.29 is 4.79 Å². The van der Waals surface area contributed by atoms with Crippen LogP contribution in [0.2, 0.25) is 10.0 Å². The molecular formula is C24H21Cl2N3OS2. The first kappa shape index (κ1) is 21.9. The summed E-state index contributed by atoms with van der Waals surface area (Å²) in [5, 5.41) is 5.74. The molecule has 0 unspecified atom stereocenters. The number of thiophene rings is 1. The van der Waals surface area contributed by atoms with E-state index in [-0.39, 0.29) is 5.91 Å². The molecular weight excluding hydrogens is 481 g/mol. The molecule has 0 bridgehead atoms. The van der Waals surface area contributed by atoms with Gasteiger partial charge in [0.25, 0.3) is 5.91 Å². The standard InChI is InChI=1S/C24H21Cl2N3OS2/c1-13(2)29-10-9-16-20(12-29)32-24(28-22(30)15-8-7-14(25)11-17(15)26)21(16)23-27-18-5-3-4-6-19(18)31-23/h3-8,11,13H,9-10,12H2,1-2H3,(H,28,30). The molecule has 8 heteroatoms. The molecule has 164 valence electrons. The van der Waals surface area contributed by atoms with Gasteiger partial charge in [0, 0.05) is 34.6 Å². The van der Waals surface area contributed by atoms with Gasteiger partial charge in [-0.15, -0.1) is 22.7 Å². The number of anilines is 1. The van der Waals surface area contributed by atoms with Gasteiger partial charge in [-0.1, -0.05) is 35.3 Å². The molecule has 1 amide bonds. The molecule has 2 aromatic carbocycles. The number of nitrogens with zero attached hydrogens (tertiary/aromatic N) is 2. The summed E-state index contributed by atoms with van der Waals surface area (Å²) >= 11 is 15.6. The summed E-state index contributed by atoms with van der Waals surface area (Å²) in [7, 11) is 0. The Hall–Kier alpha value is -1.96. The summed E-state index contributed by atoms with van der Waals surface area (Å²) in [4.78, 5) is 21.8. The molecule has 0 atom stereocenters. The van der Waals surface area contributed by atoms with Gasteiger partial charge in [0.1, 0.15) is 10.0 Å². The van der Waals surface area contributed by atoms with Crippen molar-refractivity contribution in [1.82, 2.24) is 9.88 Å². The van der Waals surface area contributed by atoms with E-state index in [4.69, 9.17) is 28.2 Å². The molecule has 0 spiro atoms. The van der Waals surface area contributed by atoms with Crippen molar-refractivity contribution in [2.75, 3.05) is 11.9 Å². The molecule has 5 rings (SSSR count). The third-order valence-corrected chi connectivity index (χ3v) is 8.46. The highest BCUT2D eigenvalue weighted by Gasteiger charge is 2.29. The van der Waals surface area contributed by atoms with Crippen molar-refractivity contribution in [2.45, 2.75) is 32.9 Å². The van der Waals surface area contributed by atoms with Crippen LogP contribution < -0.4 is 5.32 Å². The zero-order chi connectivity index (χ0) is 22.4. The lowest BCUT2D eigenvalue weighted by atomic mass is 10.0. The van der Waals surface area contributed by atoms with Crippen LogP contribution in [-0.4, -0.2) is 28.4 Å². The van der Waals surface area contributed by atoms with Gasteiger partial charge in [0.05, 0.1) is 20.8 Å². The van der Waals surface area contributed by atoms with Crippen molar-refractivity contribution in [3.8, 4) is 10.6 Å². The van der Waals surface area contributed by atoms with Crippen LogP contribution in [0.5, 0.6) is 0 Å². The van der Waals surface area contributed by atoms with Gasteiger partial charge >= 0.3 is 0 Å². The lowest BCUT2D eigenvalue weighted by Gasteiger charge is -2.30. The van der Waals surface area contributed by atoms with E-state index in [0.717, 1.165) is 45.3 Å². The highest BCUT2D eigenvalue weighted by Crippen LogP contribution is 2.46. The molecule has 2 aromatic heterocycles. The summed E-state index contributed by atoms with van der Waals surface area (Å²) < 4.78 is 1.14. The molecule has 1 aliphatic heterocycles. The van der Waals surface area contributed by atoms with Crippen LogP contribution in [0.1, 0.15) is 34.6 Å². The maximum atomic E-state index is 13.1. The Labute approximate surface area is 204 Å². The number of hydrogen-bond donors (Lipinski definition) is 1. The number of amides is 1. The second-order valence-electron chi connectivity index (χ2n) is 8.09. The minimum atomic E-state index is -0.242. The van der Waals surface area contributed by atoms with Crippen LogP contribution in [0.15, 0.2) is 42.5 Å². The Morgan fingerprint density at radius 1 is 1.16 bits per heavy atom. The van der Waals surface area contributed by atoms with Crippen molar-refractivity contribution in [3.05, 3.63) is 68.5 Å². The van der Waals surface area contributed by atoms with Gasteiger partial charge in [0.2, 0.25) is 0 Å². The summed E-state index contributed by atoms with van der Waals surface area (Å²) in [6.45, 7) is 6.32. The molecule has 1 N–H and O–H groups in total. The van der Waals surface area contributed by atoms with Crippen LogP contribution in [-0.2, 0) is 13.0 Å². The SMILES string of the molecule is CC(C)N1CCc2c(sc(NC(=O)c3ccc(Cl)cc3Cl)c2-c2nc3ccccc3s2)C1. The van der Waals surface area contributed by atoms with Crippen molar-refractivity contribution in [3.63, 3.8) is 0 Å². The highest BCUT2D eigenvalue weighted by atomic mass is 35.5. The largest absolute Gasteiger partial charge is 0.313 e. The van der Waals surface area contributed by atoms with Gasteiger partial charge in [0.15, 0.2) is 0 Å². The first-order valence-electron chi connectivity index (χ1n) is 10.4. The summed E-state index contributed by atoms with van der Waals surface area (Å²) in [5.41, 5.74) is 3.73. The zero-order valence-electron chi connectivity index (χ0n) is 17.6. The normalized spacial score (nSPS) is 14.2. The van der Waals surface area contributed by atoms with Crippen LogP contribution in [0.25, 0.3) is 20.8 Å². The number of hydrogen-bond acceptors (Lipinski definition) is 5. The maximum absolute atomic E-state index is 13.1. The van der Waals surface area contributed by atoms with E-state index in [1.54, 1.807) is 40.9 Å². The van der Waals surface area contributed by atoms with E-state index >= 15 is 0 Å².